The lowest BCUT2D eigenvalue weighted by Gasteiger charge is -2.27. The third-order valence-electron chi connectivity index (χ3n) is 6.36. The molecular weight excluding hydrogens is 516 g/mol. The van der Waals surface area contributed by atoms with Crippen molar-refractivity contribution in [2.75, 3.05) is 12.4 Å². The number of fused-ring (bicyclic) bond motifs is 3. The summed E-state index contributed by atoms with van der Waals surface area (Å²) in [6.45, 7) is 4.22. The Kier molecular flexibility index (Phi) is 6.12. The zero-order chi connectivity index (χ0) is 24.0. The van der Waals surface area contributed by atoms with Crippen molar-refractivity contribution in [2.45, 2.75) is 39.3 Å². The zero-order valence-corrected chi connectivity index (χ0v) is 21.6. The molecule has 0 fully saturated rings. The first-order valence-electron chi connectivity index (χ1n) is 11.2. The number of rotatable bonds is 4. The number of anilines is 1. The number of ether oxygens (including phenoxy) is 2. The van der Waals surface area contributed by atoms with Crippen LogP contribution >= 0.6 is 27.3 Å². The molecule has 0 bridgehead atoms. The highest BCUT2D eigenvalue weighted by molar-refractivity contribution is 9.10. The maximum absolute atomic E-state index is 13.1. The van der Waals surface area contributed by atoms with Gasteiger partial charge in [0.05, 0.1) is 22.7 Å². The van der Waals surface area contributed by atoms with E-state index in [-0.39, 0.29) is 5.91 Å². The summed E-state index contributed by atoms with van der Waals surface area (Å²) in [4.78, 5) is 27.0. The summed E-state index contributed by atoms with van der Waals surface area (Å²) in [5.41, 5.74) is 4.29. The highest BCUT2D eigenvalue weighted by atomic mass is 79.9. The second-order valence-corrected chi connectivity index (χ2v) is 10.9. The summed E-state index contributed by atoms with van der Waals surface area (Å²) < 4.78 is 11.8. The molecule has 0 radical (unpaired) electrons. The third-order valence-corrected chi connectivity index (χ3v) is 8.13. The maximum Gasteiger partial charge on any atom is 0.343 e. The molecule has 1 aliphatic heterocycles. The van der Waals surface area contributed by atoms with Crippen LogP contribution in [0.5, 0.6) is 11.5 Å². The van der Waals surface area contributed by atoms with Crippen molar-refractivity contribution in [1.29, 1.82) is 0 Å². The molecule has 2 heterocycles. The van der Waals surface area contributed by atoms with Gasteiger partial charge in [-0.15, -0.1) is 11.3 Å². The van der Waals surface area contributed by atoms with Gasteiger partial charge in [-0.3, -0.25) is 4.79 Å². The molecule has 0 saturated carbocycles. The number of amides is 1. The van der Waals surface area contributed by atoms with Crippen molar-refractivity contribution in [3.8, 4) is 11.5 Å². The van der Waals surface area contributed by atoms with Gasteiger partial charge < -0.3 is 20.1 Å². The van der Waals surface area contributed by atoms with Crippen molar-refractivity contribution in [3.05, 3.63) is 73.6 Å². The summed E-state index contributed by atoms with van der Waals surface area (Å²) in [5.74, 6) is 0.794. The predicted octanol–water partition coefficient (Wildman–Crippen LogP) is 6.03. The Hall–Kier alpha value is -2.84. The van der Waals surface area contributed by atoms with Crippen LogP contribution in [0.4, 0.5) is 5.00 Å². The fourth-order valence-electron chi connectivity index (χ4n) is 4.48. The van der Waals surface area contributed by atoms with Crippen molar-refractivity contribution in [3.63, 3.8) is 0 Å². The van der Waals surface area contributed by atoms with Gasteiger partial charge in [-0.1, -0.05) is 24.6 Å². The number of thiophene rings is 1. The smallest absolute Gasteiger partial charge is 0.343 e. The standard InChI is InChI=1S/C26H25BrN2O4S/c1-13-4-7-15(8-5-13)26(31)33-22-18(27)11-16(12-19(22)32-3)23-28-24(30)21-17-9-6-14(2)10-20(17)34-25(21)29-23/h4-5,7-8,11-12,14,23,29H,6,9-10H2,1-3H3,(H,28,30)/t14-,23+/m1/s1. The van der Waals surface area contributed by atoms with Gasteiger partial charge in [-0.25, -0.2) is 4.79 Å². The number of hydrogen-bond acceptors (Lipinski definition) is 6. The SMILES string of the molecule is COc1cc([C@H]2NC(=O)c3c(sc4c3CC[C@@H](C)C4)N2)cc(Br)c1OC(=O)c1ccc(C)cc1. The largest absolute Gasteiger partial charge is 0.493 e. The van der Waals surface area contributed by atoms with E-state index in [4.69, 9.17) is 9.47 Å². The van der Waals surface area contributed by atoms with Crippen LogP contribution in [0.25, 0.3) is 0 Å². The van der Waals surface area contributed by atoms with E-state index < -0.39 is 12.1 Å². The number of hydrogen-bond donors (Lipinski definition) is 2. The van der Waals surface area contributed by atoms with Crippen LogP contribution in [0.15, 0.2) is 40.9 Å². The molecule has 2 aromatic carbocycles. The molecule has 34 heavy (non-hydrogen) atoms. The van der Waals surface area contributed by atoms with Crippen LogP contribution < -0.4 is 20.1 Å². The Morgan fingerprint density at radius 3 is 2.68 bits per heavy atom. The van der Waals surface area contributed by atoms with Crippen molar-refractivity contribution < 1.29 is 19.1 Å². The highest BCUT2D eigenvalue weighted by Crippen LogP contribution is 2.44. The Bertz CT molecular complexity index is 1280. The molecule has 2 N–H and O–H groups in total. The van der Waals surface area contributed by atoms with Gasteiger partial charge in [0.1, 0.15) is 11.2 Å². The van der Waals surface area contributed by atoms with E-state index in [1.54, 1.807) is 29.5 Å². The van der Waals surface area contributed by atoms with E-state index >= 15 is 0 Å². The van der Waals surface area contributed by atoms with Gasteiger partial charge in [0.2, 0.25) is 0 Å². The minimum Gasteiger partial charge on any atom is -0.493 e. The highest BCUT2D eigenvalue weighted by Gasteiger charge is 2.33. The average Bonchev–Trinajstić information content (AvgIpc) is 3.18. The number of carbonyl (C=O) groups excluding carboxylic acids is 2. The molecule has 2 aliphatic rings. The van der Waals surface area contributed by atoms with Crippen LogP contribution in [0.3, 0.4) is 0 Å². The second kappa shape index (κ2) is 9.07. The quantitative estimate of drug-likeness (QED) is 0.312. The summed E-state index contributed by atoms with van der Waals surface area (Å²) >= 11 is 5.21. The first-order valence-corrected chi connectivity index (χ1v) is 12.8. The summed E-state index contributed by atoms with van der Waals surface area (Å²) in [7, 11) is 1.52. The molecule has 1 aromatic heterocycles. The van der Waals surface area contributed by atoms with E-state index in [0.717, 1.165) is 41.0 Å². The van der Waals surface area contributed by atoms with Crippen LogP contribution in [0.1, 0.15) is 61.8 Å². The Labute approximate surface area is 210 Å². The molecule has 1 aliphatic carbocycles. The van der Waals surface area contributed by atoms with Crippen LogP contribution in [0.2, 0.25) is 0 Å². The predicted molar refractivity (Wildman–Crippen MR) is 136 cm³/mol. The van der Waals surface area contributed by atoms with Crippen molar-refractivity contribution in [2.24, 2.45) is 5.92 Å². The maximum atomic E-state index is 13.1. The molecule has 0 spiro atoms. The third kappa shape index (κ3) is 4.20. The molecule has 0 saturated heterocycles. The average molecular weight is 541 g/mol. The summed E-state index contributed by atoms with van der Waals surface area (Å²) in [6.07, 6.45) is 2.65. The monoisotopic (exact) mass is 540 g/mol. The van der Waals surface area contributed by atoms with Crippen LogP contribution in [-0.4, -0.2) is 19.0 Å². The molecule has 3 aromatic rings. The molecule has 8 heteroatoms. The normalized spacial score (nSPS) is 18.9. The Balaban J connectivity index is 1.42. The lowest BCUT2D eigenvalue weighted by molar-refractivity contribution is 0.0728. The van der Waals surface area contributed by atoms with Gasteiger partial charge >= 0.3 is 5.97 Å². The van der Waals surface area contributed by atoms with E-state index in [0.29, 0.717) is 27.5 Å². The lowest BCUT2D eigenvalue weighted by atomic mass is 9.88. The molecule has 176 valence electrons. The van der Waals surface area contributed by atoms with E-state index in [9.17, 15) is 9.59 Å². The summed E-state index contributed by atoms with van der Waals surface area (Å²) in [6, 6.07) is 10.8. The van der Waals surface area contributed by atoms with Gasteiger partial charge in [-0.05, 0) is 83.4 Å². The number of esters is 1. The fourth-order valence-corrected chi connectivity index (χ4v) is 6.45. The Morgan fingerprint density at radius 2 is 1.94 bits per heavy atom. The number of aryl methyl sites for hydroxylation is 1. The lowest BCUT2D eigenvalue weighted by Crippen LogP contribution is -2.38. The number of carbonyl (C=O) groups is 2. The topological polar surface area (TPSA) is 76.7 Å². The second-order valence-electron chi connectivity index (χ2n) is 8.90. The molecule has 2 atom stereocenters. The van der Waals surface area contributed by atoms with Gasteiger partial charge in [0.15, 0.2) is 11.5 Å². The van der Waals surface area contributed by atoms with Gasteiger partial charge in [0, 0.05) is 4.88 Å². The molecule has 6 nitrogen and oxygen atoms in total. The Morgan fingerprint density at radius 1 is 1.18 bits per heavy atom. The zero-order valence-electron chi connectivity index (χ0n) is 19.2. The molecular formula is C26H25BrN2O4S. The van der Waals surface area contributed by atoms with Crippen LogP contribution in [-0.2, 0) is 12.8 Å². The van der Waals surface area contributed by atoms with Gasteiger partial charge in [0.25, 0.3) is 5.91 Å². The number of halogens is 1. The number of benzene rings is 2. The molecule has 1 amide bonds. The van der Waals surface area contributed by atoms with Crippen molar-refractivity contribution >= 4 is 44.1 Å². The first kappa shape index (κ1) is 22.9. The van der Waals surface area contributed by atoms with Crippen LogP contribution in [0, 0.1) is 12.8 Å². The van der Waals surface area contributed by atoms with E-state index in [2.05, 4.69) is 33.5 Å². The van der Waals surface area contributed by atoms with Gasteiger partial charge in [-0.2, -0.15) is 0 Å². The van der Waals surface area contributed by atoms with E-state index in [1.165, 1.54) is 17.6 Å². The summed E-state index contributed by atoms with van der Waals surface area (Å²) in [5, 5.41) is 7.48. The fraction of sp³-hybridized carbons (Fsp3) is 0.308. The number of methoxy groups -OCH3 is 1. The number of nitrogens with one attached hydrogen (secondary N) is 2. The molecule has 0 unspecified atom stereocenters. The minimum atomic E-state index is -0.473. The minimum absolute atomic E-state index is 0.0595. The molecule has 5 rings (SSSR count). The first-order chi connectivity index (χ1) is 16.3. The van der Waals surface area contributed by atoms with Crippen molar-refractivity contribution in [1.82, 2.24) is 5.32 Å². The van der Waals surface area contributed by atoms with E-state index in [1.807, 2.05) is 25.1 Å².